The fourth-order valence-corrected chi connectivity index (χ4v) is 1.08. The largest absolute Gasteiger partial charge is 0.463 e. The molecule has 0 spiro atoms. The number of ether oxygens (including phenoxy) is 1. The van der Waals surface area contributed by atoms with Crippen LogP contribution in [0.3, 0.4) is 0 Å². The van der Waals surface area contributed by atoms with Crippen LogP contribution in [0.15, 0.2) is 11.3 Å². The van der Waals surface area contributed by atoms with Gasteiger partial charge in [0.1, 0.15) is 0 Å². The molecule has 0 fully saturated rings. The van der Waals surface area contributed by atoms with Crippen LogP contribution in [0.5, 0.6) is 0 Å². The SMILES string of the molecule is CCOC(=O)C1=C(CO)NC(=O)NC1. The molecule has 78 valence electrons. The van der Waals surface area contributed by atoms with Gasteiger partial charge < -0.3 is 20.5 Å². The lowest BCUT2D eigenvalue weighted by molar-refractivity contribution is -0.138. The van der Waals surface area contributed by atoms with Crippen LogP contribution in [0.2, 0.25) is 0 Å². The van der Waals surface area contributed by atoms with Crippen molar-refractivity contribution in [2.24, 2.45) is 0 Å². The molecule has 0 bridgehead atoms. The lowest BCUT2D eigenvalue weighted by Gasteiger charge is -2.19. The highest BCUT2D eigenvalue weighted by atomic mass is 16.5. The molecule has 0 saturated carbocycles. The fourth-order valence-electron chi connectivity index (χ4n) is 1.08. The topological polar surface area (TPSA) is 87.7 Å². The second-order valence-corrected chi connectivity index (χ2v) is 2.64. The Hall–Kier alpha value is -1.56. The number of urea groups is 1. The first kappa shape index (κ1) is 10.5. The van der Waals surface area contributed by atoms with Gasteiger partial charge in [-0.05, 0) is 6.92 Å². The highest BCUT2D eigenvalue weighted by Crippen LogP contribution is 2.06. The van der Waals surface area contributed by atoms with Crippen LogP contribution < -0.4 is 10.6 Å². The molecule has 1 heterocycles. The predicted molar refractivity (Wildman–Crippen MR) is 47.3 cm³/mol. The second-order valence-electron chi connectivity index (χ2n) is 2.64. The molecule has 2 amide bonds. The maximum absolute atomic E-state index is 11.3. The van der Waals surface area contributed by atoms with Gasteiger partial charge >= 0.3 is 12.0 Å². The van der Waals surface area contributed by atoms with E-state index in [-0.39, 0.29) is 31.0 Å². The number of amides is 2. The van der Waals surface area contributed by atoms with Crippen molar-refractivity contribution in [1.82, 2.24) is 10.6 Å². The molecule has 0 aromatic rings. The van der Waals surface area contributed by atoms with E-state index in [9.17, 15) is 9.59 Å². The molecule has 0 unspecified atom stereocenters. The van der Waals surface area contributed by atoms with E-state index in [0.29, 0.717) is 0 Å². The zero-order chi connectivity index (χ0) is 10.6. The van der Waals surface area contributed by atoms with Gasteiger partial charge in [0.05, 0.1) is 31.0 Å². The number of hydrogen-bond donors (Lipinski definition) is 3. The molecule has 0 radical (unpaired) electrons. The molecule has 3 N–H and O–H groups in total. The van der Waals surface area contributed by atoms with Crippen molar-refractivity contribution in [1.29, 1.82) is 0 Å². The van der Waals surface area contributed by atoms with E-state index in [1.807, 2.05) is 0 Å². The van der Waals surface area contributed by atoms with Crippen LogP contribution in [0.4, 0.5) is 4.79 Å². The zero-order valence-electron chi connectivity index (χ0n) is 7.79. The summed E-state index contributed by atoms with van der Waals surface area (Å²) in [4.78, 5) is 22.1. The Morgan fingerprint density at radius 3 is 2.93 bits per heavy atom. The number of carbonyl (C=O) groups excluding carboxylic acids is 2. The summed E-state index contributed by atoms with van der Waals surface area (Å²) >= 11 is 0. The summed E-state index contributed by atoms with van der Waals surface area (Å²) in [6.07, 6.45) is 0. The quantitative estimate of drug-likeness (QED) is 0.516. The number of carbonyl (C=O) groups is 2. The molecule has 1 aliphatic rings. The van der Waals surface area contributed by atoms with E-state index < -0.39 is 12.0 Å². The normalized spacial score (nSPS) is 16.0. The summed E-state index contributed by atoms with van der Waals surface area (Å²) in [6, 6.07) is -0.429. The average molecular weight is 200 g/mol. The summed E-state index contributed by atoms with van der Waals surface area (Å²) in [5.41, 5.74) is 0.459. The molecular formula is C8H12N2O4. The molecule has 0 saturated heterocycles. The molecule has 6 nitrogen and oxygen atoms in total. The van der Waals surface area contributed by atoms with Crippen molar-refractivity contribution in [3.8, 4) is 0 Å². The van der Waals surface area contributed by atoms with E-state index >= 15 is 0 Å². The van der Waals surface area contributed by atoms with Crippen LogP contribution in [0, 0.1) is 0 Å². The van der Waals surface area contributed by atoms with Gasteiger partial charge in [0, 0.05) is 0 Å². The average Bonchev–Trinajstić information content (AvgIpc) is 2.17. The number of hydrogen-bond acceptors (Lipinski definition) is 4. The van der Waals surface area contributed by atoms with Gasteiger partial charge in [0.2, 0.25) is 0 Å². The van der Waals surface area contributed by atoms with Gasteiger partial charge in [-0.1, -0.05) is 0 Å². The van der Waals surface area contributed by atoms with Gasteiger partial charge in [0.25, 0.3) is 0 Å². The van der Waals surface area contributed by atoms with Crippen LogP contribution in [0.1, 0.15) is 6.92 Å². The van der Waals surface area contributed by atoms with Crippen molar-refractivity contribution in [3.05, 3.63) is 11.3 Å². The molecular weight excluding hydrogens is 188 g/mol. The van der Waals surface area contributed by atoms with Crippen molar-refractivity contribution in [2.45, 2.75) is 6.92 Å². The number of aliphatic hydroxyl groups is 1. The van der Waals surface area contributed by atoms with Gasteiger partial charge in [-0.15, -0.1) is 0 Å². The maximum Gasteiger partial charge on any atom is 0.337 e. The first-order chi connectivity index (χ1) is 6.69. The summed E-state index contributed by atoms with van der Waals surface area (Å²) in [6.45, 7) is 1.64. The highest BCUT2D eigenvalue weighted by molar-refractivity contribution is 5.93. The standard InChI is InChI=1S/C8H12N2O4/c1-2-14-7(12)5-3-9-8(13)10-6(5)4-11/h11H,2-4H2,1H3,(H2,9,10,13). The summed E-state index contributed by atoms with van der Waals surface area (Å²) in [5.74, 6) is -0.524. The van der Waals surface area contributed by atoms with E-state index in [4.69, 9.17) is 9.84 Å². The third-order valence-electron chi connectivity index (χ3n) is 1.73. The van der Waals surface area contributed by atoms with Crippen molar-refractivity contribution < 1.29 is 19.4 Å². The molecule has 0 atom stereocenters. The van der Waals surface area contributed by atoms with E-state index in [0.717, 1.165) is 0 Å². The Bertz CT molecular complexity index is 285. The Labute approximate surface area is 80.9 Å². The van der Waals surface area contributed by atoms with Gasteiger partial charge in [-0.3, -0.25) is 0 Å². The van der Waals surface area contributed by atoms with Crippen molar-refractivity contribution in [3.63, 3.8) is 0 Å². The minimum absolute atomic E-state index is 0.0839. The zero-order valence-corrected chi connectivity index (χ0v) is 7.79. The van der Waals surface area contributed by atoms with E-state index in [1.165, 1.54) is 0 Å². The van der Waals surface area contributed by atoms with Crippen LogP contribution in [-0.4, -0.2) is 36.9 Å². The molecule has 0 aliphatic carbocycles. The predicted octanol–water partition coefficient (Wildman–Crippen LogP) is -0.891. The Morgan fingerprint density at radius 2 is 2.36 bits per heavy atom. The first-order valence-electron chi connectivity index (χ1n) is 4.24. The van der Waals surface area contributed by atoms with Gasteiger partial charge in [-0.25, -0.2) is 9.59 Å². The number of nitrogens with one attached hydrogen (secondary N) is 2. The van der Waals surface area contributed by atoms with E-state index in [1.54, 1.807) is 6.92 Å². The third-order valence-corrected chi connectivity index (χ3v) is 1.73. The van der Waals surface area contributed by atoms with Crippen LogP contribution in [-0.2, 0) is 9.53 Å². The summed E-state index contributed by atoms with van der Waals surface area (Å²) < 4.78 is 4.75. The first-order valence-corrected chi connectivity index (χ1v) is 4.24. The second kappa shape index (κ2) is 4.61. The summed E-state index contributed by atoms with van der Waals surface area (Å²) in [7, 11) is 0. The molecule has 1 aliphatic heterocycles. The maximum atomic E-state index is 11.3. The molecule has 6 heteroatoms. The summed E-state index contributed by atoms with van der Waals surface area (Å²) in [5, 5.41) is 13.6. The monoisotopic (exact) mass is 200 g/mol. The van der Waals surface area contributed by atoms with Crippen LogP contribution >= 0.6 is 0 Å². The number of rotatable bonds is 3. The fraction of sp³-hybridized carbons (Fsp3) is 0.500. The lowest BCUT2D eigenvalue weighted by atomic mass is 10.2. The minimum atomic E-state index is -0.524. The van der Waals surface area contributed by atoms with E-state index in [2.05, 4.69) is 10.6 Å². The smallest absolute Gasteiger partial charge is 0.337 e. The van der Waals surface area contributed by atoms with Crippen molar-refractivity contribution in [2.75, 3.05) is 19.8 Å². The number of aliphatic hydroxyl groups excluding tert-OH is 1. The Balaban J connectivity index is 2.81. The van der Waals surface area contributed by atoms with Crippen LogP contribution in [0.25, 0.3) is 0 Å². The number of esters is 1. The Morgan fingerprint density at radius 1 is 1.64 bits per heavy atom. The molecule has 14 heavy (non-hydrogen) atoms. The third kappa shape index (κ3) is 2.23. The molecule has 0 aromatic heterocycles. The molecule has 0 aromatic carbocycles. The Kier molecular flexibility index (Phi) is 3.47. The minimum Gasteiger partial charge on any atom is -0.463 e. The van der Waals surface area contributed by atoms with Gasteiger partial charge in [-0.2, -0.15) is 0 Å². The highest BCUT2D eigenvalue weighted by Gasteiger charge is 2.22. The van der Waals surface area contributed by atoms with Gasteiger partial charge in [0.15, 0.2) is 0 Å². The molecule has 1 rings (SSSR count). The lowest BCUT2D eigenvalue weighted by Crippen LogP contribution is -2.44. The van der Waals surface area contributed by atoms with Crippen molar-refractivity contribution >= 4 is 12.0 Å².